The molecule has 0 unspecified atom stereocenters. The van der Waals surface area contributed by atoms with E-state index in [2.05, 4.69) is 11.9 Å². The summed E-state index contributed by atoms with van der Waals surface area (Å²) in [6.45, 7) is 8.15. The van der Waals surface area contributed by atoms with Crippen LogP contribution in [0.25, 0.3) is 0 Å². The van der Waals surface area contributed by atoms with Crippen LogP contribution in [0.15, 0.2) is 23.3 Å². The van der Waals surface area contributed by atoms with Gasteiger partial charge in [0.25, 0.3) is 5.91 Å². The molecule has 2 aliphatic rings. The van der Waals surface area contributed by atoms with Gasteiger partial charge in [0.2, 0.25) is 0 Å². The summed E-state index contributed by atoms with van der Waals surface area (Å²) in [6, 6.07) is -0.983. The number of fused-ring (bicyclic) bond motifs is 1. The number of nitrogens with zero attached hydrogens (tertiary/aromatic N) is 2. The summed E-state index contributed by atoms with van der Waals surface area (Å²) in [5, 5.41) is 4.75. The molecule has 0 saturated carbocycles. The molecule has 1 fully saturated rings. The molecule has 0 aromatic heterocycles. The molecule has 1 saturated heterocycles. The van der Waals surface area contributed by atoms with Gasteiger partial charge in [0.15, 0.2) is 15.5 Å². The van der Waals surface area contributed by atoms with Crippen molar-refractivity contribution in [3.8, 4) is 0 Å². The Hall–Kier alpha value is -2.40. The van der Waals surface area contributed by atoms with Gasteiger partial charge in [-0.3, -0.25) is 4.79 Å². The largest absolute Gasteiger partial charge is 0.457 e. The van der Waals surface area contributed by atoms with E-state index < -0.39 is 39.4 Å². The van der Waals surface area contributed by atoms with Gasteiger partial charge >= 0.3 is 12.1 Å². The highest BCUT2D eigenvalue weighted by molar-refractivity contribution is 7.94. The van der Waals surface area contributed by atoms with Crippen LogP contribution in [0.5, 0.6) is 0 Å². The molecule has 150 valence electrons. The van der Waals surface area contributed by atoms with Gasteiger partial charge in [-0.1, -0.05) is 12.7 Å². The van der Waals surface area contributed by atoms with Crippen LogP contribution >= 0.6 is 0 Å². The quantitative estimate of drug-likeness (QED) is 0.502. The van der Waals surface area contributed by atoms with Gasteiger partial charge in [0, 0.05) is 12.8 Å². The Kier molecular flexibility index (Phi) is 5.66. The number of amides is 2. The van der Waals surface area contributed by atoms with Gasteiger partial charge in [0.1, 0.15) is 18.2 Å². The number of carbonyl (C=O) groups is 3. The van der Waals surface area contributed by atoms with Crippen molar-refractivity contribution in [2.75, 3.05) is 26.0 Å². The van der Waals surface area contributed by atoms with E-state index in [1.165, 1.54) is 11.1 Å². The number of alkyl carbamates (subject to hydrolysis) is 1. The maximum atomic E-state index is 12.7. The van der Waals surface area contributed by atoms with Crippen molar-refractivity contribution in [1.82, 2.24) is 15.3 Å². The van der Waals surface area contributed by atoms with Crippen molar-refractivity contribution >= 4 is 27.8 Å². The van der Waals surface area contributed by atoms with Crippen molar-refractivity contribution in [2.45, 2.75) is 32.4 Å². The number of hydrogen-bond acceptors (Lipinski definition) is 8. The molecular weight excluding hydrogens is 378 g/mol. The number of hydrazine groups is 1. The standard InChI is InChI=1S/C16H23N3O7S/c1-6-7-25-14(21)12-11(27(5,23)24)9-18-8-10(13(20)19(12)18)17-15(22)26-16(2,3)4/h6,10H,1,7-9H2,2-5H3,(H,17,22)/t10-/m0/s1. The molecule has 11 heteroatoms. The molecule has 2 rings (SSSR count). The van der Waals surface area contributed by atoms with E-state index in [9.17, 15) is 22.8 Å². The van der Waals surface area contributed by atoms with Crippen LogP contribution in [-0.2, 0) is 28.9 Å². The van der Waals surface area contributed by atoms with Crippen molar-refractivity contribution in [3.63, 3.8) is 0 Å². The summed E-state index contributed by atoms with van der Waals surface area (Å²) < 4.78 is 34.1. The van der Waals surface area contributed by atoms with Crippen LogP contribution < -0.4 is 5.32 Å². The van der Waals surface area contributed by atoms with Crippen molar-refractivity contribution in [3.05, 3.63) is 23.3 Å². The number of nitrogens with one attached hydrogen (secondary N) is 1. The Bertz CT molecular complexity index is 810. The minimum atomic E-state index is -3.75. The van der Waals surface area contributed by atoms with Gasteiger partial charge in [-0.2, -0.15) is 0 Å². The molecule has 0 aliphatic carbocycles. The SMILES string of the molecule is C=CCOC(=O)C1=C(S(C)(=O)=O)CN2C[C@H](NC(=O)OC(C)(C)C)C(=O)N12. The van der Waals surface area contributed by atoms with E-state index in [4.69, 9.17) is 9.47 Å². The summed E-state index contributed by atoms with van der Waals surface area (Å²) in [5.41, 5.74) is -1.11. The first-order valence-corrected chi connectivity index (χ1v) is 10.0. The molecule has 1 atom stereocenters. The van der Waals surface area contributed by atoms with E-state index in [0.717, 1.165) is 11.3 Å². The van der Waals surface area contributed by atoms with Gasteiger partial charge in [-0.05, 0) is 20.8 Å². The molecule has 2 heterocycles. The minimum absolute atomic E-state index is 0.00463. The molecule has 0 aromatic rings. The summed E-state index contributed by atoms with van der Waals surface area (Å²) in [5.74, 6) is -1.60. The number of esters is 1. The summed E-state index contributed by atoms with van der Waals surface area (Å²) in [7, 11) is -3.75. The van der Waals surface area contributed by atoms with Gasteiger partial charge < -0.3 is 14.8 Å². The second-order valence-electron chi connectivity index (χ2n) is 7.13. The first kappa shape index (κ1) is 20.9. The van der Waals surface area contributed by atoms with E-state index in [1.54, 1.807) is 20.8 Å². The second kappa shape index (κ2) is 7.31. The lowest BCUT2D eigenvalue weighted by Crippen LogP contribution is -2.45. The lowest BCUT2D eigenvalue weighted by Gasteiger charge is -2.21. The average Bonchev–Trinajstić information content (AvgIpc) is 3.00. The summed E-state index contributed by atoms with van der Waals surface area (Å²) in [6.07, 6.45) is 1.49. The first-order chi connectivity index (χ1) is 12.3. The number of hydrogen-bond donors (Lipinski definition) is 1. The van der Waals surface area contributed by atoms with Gasteiger partial charge in [-0.25, -0.2) is 28.0 Å². The molecule has 0 radical (unpaired) electrons. The van der Waals surface area contributed by atoms with Crippen LogP contribution in [0.1, 0.15) is 20.8 Å². The molecule has 10 nitrogen and oxygen atoms in total. The number of sulfone groups is 1. The Morgan fingerprint density at radius 2 is 2.00 bits per heavy atom. The monoisotopic (exact) mass is 401 g/mol. The number of ether oxygens (including phenoxy) is 2. The Balaban J connectivity index is 2.26. The van der Waals surface area contributed by atoms with Crippen LogP contribution in [0.2, 0.25) is 0 Å². The molecule has 27 heavy (non-hydrogen) atoms. The zero-order valence-electron chi connectivity index (χ0n) is 15.6. The molecular formula is C16H23N3O7S. The maximum Gasteiger partial charge on any atom is 0.408 e. The van der Waals surface area contributed by atoms with E-state index in [1.807, 2.05) is 0 Å². The summed E-state index contributed by atoms with van der Waals surface area (Å²) >= 11 is 0. The zero-order chi connectivity index (χ0) is 20.6. The number of rotatable bonds is 5. The fourth-order valence-electron chi connectivity index (χ4n) is 2.66. The third-order valence-corrected chi connectivity index (χ3v) is 4.87. The highest BCUT2D eigenvalue weighted by Gasteiger charge is 2.50. The molecule has 0 bridgehead atoms. The topological polar surface area (TPSA) is 122 Å². The molecule has 0 spiro atoms. The molecule has 2 amide bonds. The van der Waals surface area contributed by atoms with Gasteiger partial charge in [0.05, 0.1) is 11.4 Å². The van der Waals surface area contributed by atoms with E-state index >= 15 is 0 Å². The Morgan fingerprint density at radius 1 is 1.37 bits per heavy atom. The van der Waals surface area contributed by atoms with Crippen molar-refractivity contribution in [1.29, 1.82) is 0 Å². The zero-order valence-corrected chi connectivity index (χ0v) is 16.5. The van der Waals surface area contributed by atoms with Crippen molar-refractivity contribution in [2.24, 2.45) is 0 Å². The fourth-order valence-corrected chi connectivity index (χ4v) is 3.56. The predicted molar refractivity (Wildman–Crippen MR) is 94.6 cm³/mol. The van der Waals surface area contributed by atoms with E-state index in [0.29, 0.717) is 0 Å². The lowest BCUT2D eigenvalue weighted by molar-refractivity contribution is -0.146. The van der Waals surface area contributed by atoms with Crippen molar-refractivity contribution < 1.29 is 32.3 Å². The minimum Gasteiger partial charge on any atom is -0.457 e. The van der Waals surface area contributed by atoms with Crippen LogP contribution in [0, 0.1) is 0 Å². The smallest absolute Gasteiger partial charge is 0.408 e. The lowest BCUT2D eigenvalue weighted by atomic mass is 10.2. The fraction of sp³-hybridized carbons (Fsp3) is 0.562. The van der Waals surface area contributed by atoms with Crippen LogP contribution in [0.3, 0.4) is 0 Å². The molecule has 0 aromatic carbocycles. The average molecular weight is 401 g/mol. The second-order valence-corrected chi connectivity index (χ2v) is 9.16. The summed E-state index contributed by atoms with van der Waals surface area (Å²) in [4.78, 5) is 36.8. The third kappa shape index (κ3) is 4.66. The Labute approximate surface area is 157 Å². The predicted octanol–water partition coefficient (Wildman–Crippen LogP) is -0.0621. The van der Waals surface area contributed by atoms with Gasteiger partial charge in [-0.15, -0.1) is 0 Å². The van der Waals surface area contributed by atoms with Crippen LogP contribution in [-0.4, -0.2) is 74.0 Å². The van der Waals surface area contributed by atoms with Crippen LogP contribution in [0.4, 0.5) is 4.79 Å². The molecule has 1 N–H and O–H groups in total. The maximum absolute atomic E-state index is 12.7. The Morgan fingerprint density at radius 3 is 2.52 bits per heavy atom. The highest BCUT2D eigenvalue weighted by Crippen LogP contribution is 2.32. The molecule has 2 aliphatic heterocycles. The number of carbonyl (C=O) groups excluding carboxylic acids is 3. The highest BCUT2D eigenvalue weighted by atomic mass is 32.2. The third-order valence-electron chi connectivity index (χ3n) is 3.65. The first-order valence-electron chi connectivity index (χ1n) is 8.14. The van der Waals surface area contributed by atoms with E-state index in [-0.39, 0.29) is 30.3 Å². The normalized spacial score (nSPS) is 20.5.